The van der Waals surface area contributed by atoms with Gasteiger partial charge in [0.25, 0.3) is 5.91 Å². The minimum absolute atomic E-state index is 0.0771. The Morgan fingerprint density at radius 1 is 1.25 bits per heavy atom. The van der Waals surface area contributed by atoms with E-state index in [1.54, 1.807) is 16.8 Å². The molecule has 0 radical (unpaired) electrons. The third-order valence-electron chi connectivity index (χ3n) is 5.74. The van der Waals surface area contributed by atoms with Gasteiger partial charge in [0.2, 0.25) is 0 Å². The van der Waals surface area contributed by atoms with Crippen LogP contribution in [0.3, 0.4) is 0 Å². The average molecular weight is 402 g/mol. The van der Waals surface area contributed by atoms with E-state index in [4.69, 9.17) is 0 Å². The summed E-state index contributed by atoms with van der Waals surface area (Å²) in [6.07, 6.45) is 4.92. The van der Waals surface area contributed by atoms with E-state index in [1.165, 1.54) is 11.8 Å². The van der Waals surface area contributed by atoms with Gasteiger partial charge in [0.1, 0.15) is 11.6 Å². The van der Waals surface area contributed by atoms with Crippen LogP contribution in [0.25, 0.3) is 0 Å². The van der Waals surface area contributed by atoms with Crippen molar-refractivity contribution in [3.8, 4) is 6.07 Å². The number of nitrogens with zero attached hydrogens (tertiary/aromatic N) is 3. The number of amides is 1. The number of carbonyl (C=O) groups is 1. The molecule has 1 amide bonds. The van der Waals surface area contributed by atoms with Crippen molar-refractivity contribution in [1.82, 2.24) is 9.80 Å². The molecule has 0 aliphatic carbocycles. The van der Waals surface area contributed by atoms with Crippen LogP contribution in [0, 0.1) is 17.2 Å². The van der Waals surface area contributed by atoms with Gasteiger partial charge in [-0.05, 0) is 37.2 Å². The van der Waals surface area contributed by atoms with Gasteiger partial charge in [-0.1, -0.05) is 30.3 Å². The van der Waals surface area contributed by atoms with Crippen LogP contribution < -0.4 is 0 Å². The number of hydrogen-bond donors (Lipinski definition) is 0. The minimum Gasteiger partial charge on any atom is -0.375 e. The molecule has 2 fully saturated rings. The maximum atomic E-state index is 12.8. The molecule has 28 heavy (non-hydrogen) atoms. The van der Waals surface area contributed by atoms with E-state index >= 15 is 0 Å². The summed E-state index contributed by atoms with van der Waals surface area (Å²) in [5, 5.41) is 9.46. The molecule has 150 valence electrons. The van der Waals surface area contributed by atoms with E-state index in [0.29, 0.717) is 25.4 Å². The van der Waals surface area contributed by atoms with Crippen LogP contribution in [0.5, 0.6) is 0 Å². The molecule has 6 nitrogen and oxygen atoms in total. The molecule has 0 spiro atoms. The van der Waals surface area contributed by atoms with Gasteiger partial charge < -0.3 is 9.80 Å². The Hall–Kier alpha value is -2.33. The Bertz CT molecular complexity index is 866. The molecule has 2 heterocycles. The Kier molecular flexibility index (Phi) is 6.40. The molecule has 2 aliphatic heterocycles. The smallest absolute Gasteiger partial charge is 0.266 e. The highest BCUT2D eigenvalue weighted by Gasteiger charge is 2.31. The largest absolute Gasteiger partial charge is 0.375 e. The summed E-state index contributed by atoms with van der Waals surface area (Å²) in [5.74, 6) is 0.541. The first-order chi connectivity index (χ1) is 13.4. The Labute approximate surface area is 167 Å². The molecule has 2 aliphatic rings. The summed E-state index contributed by atoms with van der Waals surface area (Å²) in [6.45, 7) is 1.30. The predicted molar refractivity (Wildman–Crippen MR) is 108 cm³/mol. The molecule has 2 saturated heterocycles. The first-order valence-corrected chi connectivity index (χ1v) is 11.6. The van der Waals surface area contributed by atoms with Crippen molar-refractivity contribution < 1.29 is 13.2 Å². The molecular weight excluding hydrogens is 374 g/mol. The fraction of sp³-hybridized carbons (Fsp3) is 0.524. The number of rotatable bonds is 5. The molecule has 1 aromatic carbocycles. The second kappa shape index (κ2) is 8.78. The molecule has 0 aromatic heterocycles. The lowest BCUT2D eigenvalue weighted by atomic mass is 9.90. The minimum atomic E-state index is -3.00. The Morgan fingerprint density at radius 2 is 1.93 bits per heavy atom. The summed E-state index contributed by atoms with van der Waals surface area (Å²) in [4.78, 5) is 16.2. The maximum Gasteiger partial charge on any atom is 0.266 e. The summed E-state index contributed by atoms with van der Waals surface area (Å²) in [7, 11) is -1.27. The van der Waals surface area contributed by atoms with Crippen molar-refractivity contribution in [2.75, 3.05) is 31.6 Å². The number of benzene rings is 1. The highest BCUT2D eigenvalue weighted by atomic mass is 32.2. The van der Waals surface area contributed by atoms with Crippen LogP contribution in [0.15, 0.2) is 42.1 Å². The van der Waals surface area contributed by atoms with E-state index in [1.807, 2.05) is 24.3 Å². The van der Waals surface area contributed by atoms with Crippen molar-refractivity contribution in [3.63, 3.8) is 0 Å². The quantitative estimate of drug-likeness (QED) is 0.557. The van der Waals surface area contributed by atoms with Crippen LogP contribution in [0.4, 0.5) is 0 Å². The number of carbonyl (C=O) groups excluding carboxylic acids is 1. The van der Waals surface area contributed by atoms with Crippen LogP contribution >= 0.6 is 0 Å². The number of hydrogen-bond acceptors (Lipinski definition) is 5. The molecule has 0 saturated carbocycles. The van der Waals surface area contributed by atoms with Crippen LogP contribution in [0.1, 0.15) is 24.8 Å². The van der Waals surface area contributed by atoms with E-state index in [2.05, 4.69) is 12.1 Å². The van der Waals surface area contributed by atoms with E-state index in [9.17, 15) is 18.5 Å². The highest BCUT2D eigenvalue weighted by molar-refractivity contribution is 7.91. The Balaban J connectivity index is 1.56. The lowest BCUT2D eigenvalue weighted by molar-refractivity contribution is -0.128. The molecule has 1 atom stereocenters. The van der Waals surface area contributed by atoms with Crippen LogP contribution in [-0.2, 0) is 21.1 Å². The second-order valence-corrected chi connectivity index (χ2v) is 10.0. The third-order valence-corrected chi connectivity index (χ3v) is 7.49. The highest BCUT2D eigenvalue weighted by Crippen LogP contribution is 2.23. The molecule has 0 bridgehead atoms. The van der Waals surface area contributed by atoms with Crippen molar-refractivity contribution in [2.24, 2.45) is 5.92 Å². The lowest BCUT2D eigenvalue weighted by Gasteiger charge is -2.32. The van der Waals surface area contributed by atoms with Gasteiger partial charge in [0, 0.05) is 32.4 Å². The Morgan fingerprint density at radius 3 is 2.50 bits per heavy atom. The van der Waals surface area contributed by atoms with Crippen molar-refractivity contribution in [1.29, 1.82) is 5.26 Å². The predicted octanol–water partition coefficient (Wildman–Crippen LogP) is 1.99. The first kappa shape index (κ1) is 20.4. The van der Waals surface area contributed by atoms with Gasteiger partial charge in [-0.2, -0.15) is 5.26 Å². The average Bonchev–Trinajstić information content (AvgIpc) is 3.07. The maximum absolute atomic E-state index is 12.8. The van der Waals surface area contributed by atoms with Crippen LogP contribution in [-0.4, -0.2) is 61.8 Å². The van der Waals surface area contributed by atoms with Crippen LogP contribution in [0.2, 0.25) is 0 Å². The summed E-state index contributed by atoms with van der Waals surface area (Å²) in [6, 6.07) is 12.2. The zero-order valence-corrected chi connectivity index (χ0v) is 17.1. The van der Waals surface area contributed by atoms with E-state index in [-0.39, 0.29) is 29.0 Å². The number of likely N-dealkylation sites (tertiary alicyclic amines) is 1. The molecule has 1 aromatic rings. The van der Waals surface area contributed by atoms with Crippen molar-refractivity contribution in [3.05, 3.63) is 47.7 Å². The van der Waals surface area contributed by atoms with E-state index in [0.717, 1.165) is 19.3 Å². The first-order valence-electron chi connectivity index (χ1n) is 9.75. The van der Waals surface area contributed by atoms with Gasteiger partial charge in [0.15, 0.2) is 9.84 Å². The number of sulfone groups is 1. The van der Waals surface area contributed by atoms with E-state index < -0.39 is 9.84 Å². The summed E-state index contributed by atoms with van der Waals surface area (Å²) in [5.41, 5.74) is 1.39. The molecule has 1 unspecified atom stereocenters. The fourth-order valence-electron chi connectivity index (χ4n) is 4.00. The van der Waals surface area contributed by atoms with Crippen molar-refractivity contribution >= 4 is 15.7 Å². The second-order valence-electron chi connectivity index (χ2n) is 7.80. The SMILES string of the molecule is CN(/C=C(/C#N)C(=O)N1CCC(Cc2ccccc2)CC1)C1CCS(=O)(=O)C1. The standard InChI is InChI=1S/C21H27N3O3S/c1-23(20-9-12-28(26,27)16-20)15-19(14-22)21(25)24-10-7-18(8-11-24)13-17-5-3-2-4-6-17/h2-6,15,18,20H,7-13,16H2,1H3/b19-15-. The number of piperidine rings is 1. The zero-order valence-electron chi connectivity index (χ0n) is 16.3. The van der Waals surface area contributed by atoms with Gasteiger partial charge in [-0.3, -0.25) is 4.79 Å². The zero-order chi connectivity index (χ0) is 20.1. The van der Waals surface area contributed by atoms with Gasteiger partial charge in [-0.25, -0.2) is 8.42 Å². The molecule has 3 rings (SSSR count). The lowest BCUT2D eigenvalue weighted by Crippen LogP contribution is -2.40. The summed E-state index contributed by atoms with van der Waals surface area (Å²) >= 11 is 0. The summed E-state index contributed by atoms with van der Waals surface area (Å²) < 4.78 is 23.3. The monoisotopic (exact) mass is 401 g/mol. The number of nitriles is 1. The van der Waals surface area contributed by atoms with Gasteiger partial charge in [0.05, 0.1) is 11.5 Å². The van der Waals surface area contributed by atoms with Gasteiger partial charge in [-0.15, -0.1) is 0 Å². The molecule has 0 N–H and O–H groups in total. The van der Waals surface area contributed by atoms with Gasteiger partial charge >= 0.3 is 0 Å². The molecular formula is C21H27N3O3S. The fourth-order valence-corrected chi connectivity index (χ4v) is 5.78. The van der Waals surface area contributed by atoms with Crippen molar-refractivity contribution in [2.45, 2.75) is 31.7 Å². The normalized spacial score (nSPS) is 22.6. The topological polar surface area (TPSA) is 81.5 Å². The third kappa shape index (κ3) is 5.14. The molecule has 7 heteroatoms.